The number of nitrogens with two attached hydrogens (primary N) is 1. The van der Waals surface area contributed by atoms with Crippen molar-refractivity contribution in [2.75, 3.05) is 14.2 Å². The Balaban J connectivity index is 2.87. The summed E-state index contributed by atoms with van der Waals surface area (Å²) in [4.78, 5) is 0. The first-order valence-corrected chi connectivity index (χ1v) is 5.55. The molecule has 1 aromatic carbocycles. The Morgan fingerprint density at radius 1 is 1.19 bits per heavy atom. The summed E-state index contributed by atoms with van der Waals surface area (Å²) >= 11 is 0. The lowest BCUT2D eigenvalue weighted by molar-refractivity contribution is 0.387. The van der Waals surface area contributed by atoms with Gasteiger partial charge in [0.15, 0.2) is 0 Å². The van der Waals surface area contributed by atoms with Crippen molar-refractivity contribution in [2.24, 2.45) is 11.7 Å². The van der Waals surface area contributed by atoms with Crippen molar-refractivity contribution in [2.45, 2.75) is 26.3 Å². The number of rotatable bonds is 5. The third-order valence-electron chi connectivity index (χ3n) is 2.81. The zero-order chi connectivity index (χ0) is 12.1. The standard InChI is InChI=1S/C13H21NO2/c1-9(2)12(14)7-10-5-6-11(15-3)8-13(10)16-4/h5-6,8-9,12H,7,14H2,1-4H3. The monoisotopic (exact) mass is 223 g/mol. The van der Waals surface area contributed by atoms with Crippen LogP contribution < -0.4 is 15.2 Å². The molecule has 0 bridgehead atoms. The molecule has 0 aliphatic rings. The average Bonchev–Trinajstić information content (AvgIpc) is 2.29. The van der Waals surface area contributed by atoms with Gasteiger partial charge in [-0.3, -0.25) is 0 Å². The maximum atomic E-state index is 6.06. The lowest BCUT2D eigenvalue weighted by Gasteiger charge is -2.17. The van der Waals surface area contributed by atoms with E-state index in [2.05, 4.69) is 13.8 Å². The second-order valence-corrected chi connectivity index (χ2v) is 4.29. The van der Waals surface area contributed by atoms with Gasteiger partial charge in [-0.25, -0.2) is 0 Å². The van der Waals surface area contributed by atoms with Gasteiger partial charge in [0.1, 0.15) is 11.5 Å². The average molecular weight is 223 g/mol. The molecule has 0 spiro atoms. The highest BCUT2D eigenvalue weighted by Crippen LogP contribution is 2.26. The molecule has 1 rings (SSSR count). The van der Waals surface area contributed by atoms with Gasteiger partial charge >= 0.3 is 0 Å². The van der Waals surface area contributed by atoms with E-state index >= 15 is 0 Å². The van der Waals surface area contributed by atoms with Gasteiger partial charge in [0.25, 0.3) is 0 Å². The number of hydrogen-bond acceptors (Lipinski definition) is 3. The minimum Gasteiger partial charge on any atom is -0.497 e. The Bertz CT molecular complexity index is 337. The minimum absolute atomic E-state index is 0.155. The predicted molar refractivity (Wildman–Crippen MR) is 66.1 cm³/mol. The zero-order valence-electron chi connectivity index (χ0n) is 10.5. The Labute approximate surface area is 97.6 Å². The molecular formula is C13H21NO2. The number of ether oxygens (including phenoxy) is 2. The molecule has 1 atom stereocenters. The number of benzene rings is 1. The van der Waals surface area contributed by atoms with Crippen LogP contribution in [0, 0.1) is 5.92 Å². The number of methoxy groups -OCH3 is 2. The van der Waals surface area contributed by atoms with Gasteiger partial charge in [-0.1, -0.05) is 19.9 Å². The first kappa shape index (κ1) is 12.8. The first-order chi connectivity index (χ1) is 7.58. The topological polar surface area (TPSA) is 44.5 Å². The molecular weight excluding hydrogens is 202 g/mol. The summed E-state index contributed by atoms with van der Waals surface area (Å²) in [6, 6.07) is 6.00. The molecule has 0 amide bonds. The fraction of sp³-hybridized carbons (Fsp3) is 0.538. The second-order valence-electron chi connectivity index (χ2n) is 4.29. The van der Waals surface area contributed by atoms with Gasteiger partial charge in [0, 0.05) is 12.1 Å². The van der Waals surface area contributed by atoms with E-state index < -0.39 is 0 Å². The highest BCUT2D eigenvalue weighted by atomic mass is 16.5. The second kappa shape index (κ2) is 5.75. The molecule has 0 aliphatic heterocycles. The summed E-state index contributed by atoms with van der Waals surface area (Å²) in [5, 5.41) is 0. The van der Waals surface area contributed by atoms with Crippen LogP contribution in [0.1, 0.15) is 19.4 Å². The van der Waals surface area contributed by atoms with Crippen molar-refractivity contribution in [1.29, 1.82) is 0 Å². The van der Waals surface area contributed by atoms with Crippen molar-refractivity contribution < 1.29 is 9.47 Å². The van der Waals surface area contributed by atoms with Crippen LogP contribution in [0.3, 0.4) is 0 Å². The lowest BCUT2D eigenvalue weighted by atomic mass is 9.97. The molecule has 0 fully saturated rings. The van der Waals surface area contributed by atoms with Crippen LogP contribution in [0.5, 0.6) is 11.5 Å². The summed E-state index contributed by atoms with van der Waals surface area (Å²) < 4.78 is 10.5. The van der Waals surface area contributed by atoms with Gasteiger partial charge in [0.05, 0.1) is 14.2 Å². The van der Waals surface area contributed by atoms with E-state index in [1.165, 1.54) is 0 Å². The molecule has 1 unspecified atom stereocenters. The highest BCUT2D eigenvalue weighted by molar-refractivity contribution is 5.41. The van der Waals surface area contributed by atoms with Crippen molar-refractivity contribution in [3.63, 3.8) is 0 Å². The van der Waals surface area contributed by atoms with E-state index in [4.69, 9.17) is 15.2 Å². The van der Waals surface area contributed by atoms with E-state index in [0.717, 1.165) is 23.5 Å². The van der Waals surface area contributed by atoms with Crippen molar-refractivity contribution in [3.8, 4) is 11.5 Å². The molecule has 0 saturated carbocycles. The molecule has 16 heavy (non-hydrogen) atoms. The number of hydrogen-bond donors (Lipinski definition) is 1. The first-order valence-electron chi connectivity index (χ1n) is 5.55. The minimum atomic E-state index is 0.155. The maximum absolute atomic E-state index is 6.06. The predicted octanol–water partition coefficient (Wildman–Crippen LogP) is 2.23. The van der Waals surface area contributed by atoms with Gasteiger partial charge in [-0.05, 0) is 24.0 Å². The summed E-state index contributed by atoms with van der Waals surface area (Å²) in [6.45, 7) is 4.25. The molecule has 1 aromatic rings. The molecule has 3 heteroatoms. The summed E-state index contributed by atoms with van der Waals surface area (Å²) in [5.41, 5.74) is 7.19. The van der Waals surface area contributed by atoms with Crippen molar-refractivity contribution in [3.05, 3.63) is 23.8 Å². The SMILES string of the molecule is COc1ccc(CC(N)C(C)C)c(OC)c1. The van der Waals surface area contributed by atoms with Gasteiger partial charge in [-0.15, -0.1) is 0 Å². The van der Waals surface area contributed by atoms with E-state index in [1.54, 1.807) is 14.2 Å². The summed E-state index contributed by atoms with van der Waals surface area (Å²) in [5.74, 6) is 2.11. The molecule has 0 heterocycles. The Morgan fingerprint density at radius 3 is 2.38 bits per heavy atom. The fourth-order valence-corrected chi connectivity index (χ4v) is 1.51. The van der Waals surface area contributed by atoms with Crippen molar-refractivity contribution >= 4 is 0 Å². The molecule has 3 nitrogen and oxygen atoms in total. The van der Waals surface area contributed by atoms with Crippen LogP contribution in [0.25, 0.3) is 0 Å². The Morgan fingerprint density at radius 2 is 1.88 bits per heavy atom. The van der Waals surface area contributed by atoms with Crippen LogP contribution in [-0.2, 0) is 6.42 Å². The molecule has 0 aliphatic carbocycles. The van der Waals surface area contributed by atoms with Crippen LogP contribution in [0.4, 0.5) is 0 Å². The van der Waals surface area contributed by atoms with Crippen LogP contribution >= 0.6 is 0 Å². The fourth-order valence-electron chi connectivity index (χ4n) is 1.51. The largest absolute Gasteiger partial charge is 0.497 e. The maximum Gasteiger partial charge on any atom is 0.125 e. The Hall–Kier alpha value is -1.22. The lowest BCUT2D eigenvalue weighted by Crippen LogP contribution is -2.28. The summed E-state index contributed by atoms with van der Waals surface area (Å²) in [6.07, 6.45) is 0.824. The van der Waals surface area contributed by atoms with Crippen LogP contribution in [-0.4, -0.2) is 20.3 Å². The molecule has 0 radical (unpaired) electrons. The molecule has 0 aromatic heterocycles. The van der Waals surface area contributed by atoms with Crippen LogP contribution in [0.15, 0.2) is 18.2 Å². The third-order valence-corrected chi connectivity index (χ3v) is 2.81. The van der Waals surface area contributed by atoms with Gasteiger partial charge < -0.3 is 15.2 Å². The smallest absolute Gasteiger partial charge is 0.125 e. The summed E-state index contributed by atoms with van der Waals surface area (Å²) in [7, 11) is 3.31. The van der Waals surface area contributed by atoms with Gasteiger partial charge in [0.2, 0.25) is 0 Å². The van der Waals surface area contributed by atoms with Crippen molar-refractivity contribution in [1.82, 2.24) is 0 Å². The van der Waals surface area contributed by atoms with E-state index in [-0.39, 0.29) is 6.04 Å². The Kier molecular flexibility index (Phi) is 4.62. The molecule has 0 saturated heterocycles. The molecule has 2 N–H and O–H groups in total. The normalized spacial score (nSPS) is 12.6. The molecule has 90 valence electrons. The van der Waals surface area contributed by atoms with E-state index in [1.807, 2.05) is 18.2 Å². The zero-order valence-corrected chi connectivity index (χ0v) is 10.5. The third kappa shape index (κ3) is 3.14. The quantitative estimate of drug-likeness (QED) is 0.832. The van der Waals surface area contributed by atoms with E-state index in [0.29, 0.717) is 5.92 Å². The van der Waals surface area contributed by atoms with E-state index in [9.17, 15) is 0 Å². The van der Waals surface area contributed by atoms with Crippen LogP contribution in [0.2, 0.25) is 0 Å². The highest BCUT2D eigenvalue weighted by Gasteiger charge is 2.12. The van der Waals surface area contributed by atoms with Gasteiger partial charge in [-0.2, -0.15) is 0 Å².